The molecule has 0 amide bonds. The van der Waals surface area contributed by atoms with E-state index >= 15 is 0 Å². The maximum Gasteiger partial charge on any atom is 0.333 e. The molecular weight excluding hydrogens is 220 g/mol. The summed E-state index contributed by atoms with van der Waals surface area (Å²) >= 11 is 0. The van der Waals surface area contributed by atoms with Gasteiger partial charge >= 0.3 is 5.97 Å². The third-order valence-corrected chi connectivity index (χ3v) is 3.10. The van der Waals surface area contributed by atoms with Gasteiger partial charge in [0, 0.05) is 5.57 Å². The van der Waals surface area contributed by atoms with Gasteiger partial charge in [-0.2, -0.15) is 8.42 Å². The van der Waals surface area contributed by atoms with Crippen molar-refractivity contribution in [2.24, 2.45) is 0 Å². The van der Waals surface area contributed by atoms with Gasteiger partial charge in [0.15, 0.2) is 0 Å². The van der Waals surface area contributed by atoms with Crippen LogP contribution in [0.15, 0.2) is 12.2 Å². The van der Waals surface area contributed by atoms with E-state index < -0.39 is 21.3 Å². The predicted molar refractivity (Wildman–Crippen MR) is 56.0 cm³/mol. The molecule has 5 nitrogen and oxygen atoms in total. The molecule has 0 rings (SSSR count). The summed E-state index contributed by atoms with van der Waals surface area (Å²) in [6.45, 7) is 6.46. The molecule has 1 unspecified atom stereocenters. The lowest BCUT2D eigenvalue weighted by Crippen LogP contribution is -2.17. The first-order valence-electron chi connectivity index (χ1n) is 4.54. The molecule has 0 aromatic rings. The Hall–Kier alpha value is -0.880. The Balaban J connectivity index is 3.74. The van der Waals surface area contributed by atoms with Crippen molar-refractivity contribution in [3.63, 3.8) is 0 Å². The summed E-state index contributed by atoms with van der Waals surface area (Å²) in [6, 6.07) is 0. The van der Waals surface area contributed by atoms with E-state index in [2.05, 4.69) is 6.58 Å². The number of carbonyl (C=O) groups excluding carboxylic acids is 1. The third-order valence-electron chi connectivity index (χ3n) is 1.85. The van der Waals surface area contributed by atoms with Crippen LogP contribution in [0.5, 0.6) is 0 Å². The maximum atomic E-state index is 10.9. The summed E-state index contributed by atoms with van der Waals surface area (Å²) in [6.07, 6.45) is 0.641. The Labute approximate surface area is 89.9 Å². The lowest BCUT2D eigenvalue weighted by molar-refractivity contribution is -0.139. The molecule has 0 radical (unpaired) electrons. The molecule has 0 aliphatic carbocycles. The molecule has 15 heavy (non-hydrogen) atoms. The van der Waals surface area contributed by atoms with E-state index in [0.717, 1.165) is 0 Å². The van der Waals surface area contributed by atoms with E-state index in [0.29, 0.717) is 12.0 Å². The van der Waals surface area contributed by atoms with Crippen LogP contribution < -0.4 is 0 Å². The Bertz CT molecular complexity index is 330. The molecule has 1 N–H and O–H groups in total. The van der Waals surface area contributed by atoms with Gasteiger partial charge in [0.25, 0.3) is 10.1 Å². The maximum absolute atomic E-state index is 10.9. The van der Waals surface area contributed by atoms with Gasteiger partial charge < -0.3 is 4.74 Å². The number of carbonyl (C=O) groups is 1. The van der Waals surface area contributed by atoms with Crippen LogP contribution in [0.3, 0.4) is 0 Å². The van der Waals surface area contributed by atoms with Crippen LogP contribution >= 0.6 is 0 Å². The van der Waals surface area contributed by atoms with E-state index in [-0.39, 0.29) is 13.0 Å². The van der Waals surface area contributed by atoms with Crippen molar-refractivity contribution in [2.45, 2.75) is 31.9 Å². The van der Waals surface area contributed by atoms with Crippen LogP contribution in [0.1, 0.15) is 26.7 Å². The fraction of sp³-hybridized carbons (Fsp3) is 0.667. The molecular formula is C9H16O5S. The predicted octanol–water partition coefficient (Wildman–Crippen LogP) is 1.16. The van der Waals surface area contributed by atoms with E-state index in [1.54, 1.807) is 0 Å². The first-order valence-corrected chi connectivity index (χ1v) is 6.04. The van der Waals surface area contributed by atoms with Gasteiger partial charge in [-0.05, 0) is 26.7 Å². The highest BCUT2D eigenvalue weighted by Gasteiger charge is 2.16. The van der Waals surface area contributed by atoms with Gasteiger partial charge in [-0.25, -0.2) is 4.79 Å². The Morgan fingerprint density at radius 2 is 2.07 bits per heavy atom. The van der Waals surface area contributed by atoms with Gasteiger partial charge in [-0.3, -0.25) is 4.55 Å². The molecule has 0 aromatic carbocycles. The van der Waals surface area contributed by atoms with Crippen molar-refractivity contribution >= 4 is 16.1 Å². The van der Waals surface area contributed by atoms with Gasteiger partial charge in [-0.15, -0.1) is 0 Å². The highest BCUT2D eigenvalue weighted by molar-refractivity contribution is 7.86. The summed E-state index contributed by atoms with van der Waals surface area (Å²) in [5.74, 6) is -0.491. The van der Waals surface area contributed by atoms with E-state index in [1.807, 2.05) is 0 Å². The summed E-state index contributed by atoms with van der Waals surface area (Å²) < 4.78 is 34.6. The topological polar surface area (TPSA) is 80.7 Å². The van der Waals surface area contributed by atoms with Crippen molar-refractivity contribution in [3.05, 3.63) is 12.2 Å². The molecule has 0 fully saturated rings. The molecule has 0 aromatic heterocycles. The number of hydrogen-bond acceptors (Lipinski definition) is 4. The Morgan fingerprint density at radius 3 is 2.47 bits per heavy atom. The summed E-state index contributed by atoms with van der Waals surface area (Å²) in [5.41, 5.74) is 0.304. The molecule has 0 aliphatic rings. The second-order valence-electron chi connectivity index (χ2n) is 3.38. The number of ether oxygens (including phenoxy) is 1. The van der Waals surface area contributed by atoms with E-state index in [1.165, 1.54) is 13.8 Å². The molecule has 0 saturated carbocycles. The van der Waals surface area contributed by atoms with Crippen molar-refractivity contribution in [2.75, 3.05) is 6.61 Å². The second-order valence-corrected chi connectivity index (χ2v) is 5.22. The molecule has 88 valence electrons. The number of hydrogen-bond donors (Lipinski definition) is 1. The van der Waals surface area contributed by atoms with Crippen molar-refractivity contribution < 1.29 is 22.5 Å². The highest BCUT2D eigenvalue weighted by Crippen LogP contribution is 2.06. The second kappa shape index (κ2) is 5.87. The highest BCUT2D eigenvalue weighted by atomic mass is 32.2. The van der Waals surface area contributed by atoms with Crippen LogP contribution in [0.2, 0.25) is 0 Å². The number of rotatable bonds is 6. The first-order chi connectivity index (χ1) is 6.75. The average Bonchev–Trinajstić information content (AvgIpc) is 2.09. The van der Waals surface area contributed by atoms with Crippen LogP contribution in [-0.2, 0) is 19.6 Å². The van der Waals surface area contributed by atoms with Crippen molar-refractivity contribution in [1.82, 2.24) is 0 Å². The summed E-state index contributed by atoms with van der Waals surface area (Å²) in [4.78, 5) is 10.9. The fourth-order valence-corrected chi connectivity index (χ4v) is 1.27. The minimum atomic E-state index is -3.98. The standard InChI is InChI=1S/C9H16O5S/c1-7(2)9(10)14-6-4-5-8(3)15(11,12)13/h8H,1,4-6H2,2-3H3,(H,11,12,13). The third kappa shape index (κ3) is 6.24. The van der Waals surface area contributed by atoms with Gasteiger partial charge in [0.1, 0.15) is 0 Å². The van der Waals surface area contributed by atoms with E-state index in [4.69, 9.17) is 9.29 Å². The zero-order valence-electron chi connectivity index (χ0n) is 8.89. The van der Waals surface area contributed by atoms with Crippen LogP contribution in [0.25, 0.3) is 0 Å². The smallest absolute Gasteiger partial charge is 0.333 e. The fourth-order valence-electron chi connectivity index (χ4n) is 0.808. The zero-order chi connectivity index (χ0) is 12.1. The largest absolute Gasteiger partial charge is 0.462 e. The molecule has 1 atom stereocenters. The van der Waals surface area contributed by atoms with Crippen LogP contribution in [-0.4, -0.2) is 30.8 Å². The molecule has 0 aliphatic heterocycles. The lowest BCUT2D eigenvalue weighted by atomic mass is 10.2. The van der Waals surface area contributed by atoms with Crippen molar-refractivity contribution in [3.8, 4) is 0 Å². The monoisotopic (exact) mass is 236 g/mol. The Morgan fingerprint density at radius 1 is 1.53 bits per heavy atom. The quantitative estimate of drug-likeness (QED) is 0.324. The Kier molecular flexibility index (Phi) is 5.53. The summed E-state index contributed by atoms with van der Waals surface area (Å²) in [5, 5.41) is -0.832. The van der Waals surface area contributed by atoms with Crippen LogP contribution in [0.4, 0.5) is 0 Å². The average molecular weight is 236 g/mol. The van der Waals surface area contributed by atoms with E-state index in [9.17, 15) is 13.2 Å². The van der Waals surface area contributed by atoms with Gasteiger partial charge in [0.2, 0.25) is 0 Å². The van der Waals surface area contributed by atoms with Crippen molar-refractivity contribution in [1.29, 1.82) is 0 Å². The minimum Gasteiger partial charge on any atom is -0.462 e. The molecule has 0 saturated heterocycles. The zero-order valence-corrected chi connectivity index (χ0v) is 9.71. The number of esters is 1. The minimum absolute atomic E-state index is 0.131. The molecule has 0 heterocycles. The van der Waals surface area contributed by atoms with Gasteiger partial charge in [-0.1, -0.05) is 6.58 Å². The lowest BCUT2D eigenvalue weighted by Gasteiger charge is -2.08. The molecule has 6 heteroatoms. The first kappa shape index (κ1) is 14.1. The summed E-state index contributed by atoms with van der Waals surface area (Å²) in [7, 11) is -3.98. The van der Waals surface area contributed by atoms with Crippen LogP contribution in [0, 0.1) is 0 Å². The molecule has 0 bridgehead atoms. The SMILES string of the molecule is C=C(C)C(=O)OCCCC(C)S(=O)(=O)O. The normalized spacial score (nSPS) is 13.3. The van der Waals surface area contributed by atoms with Gasteiger partial charge in [0.05, 0.1) is 11.9 Å². The molecule has 0 spiro atoms.